The number of carbonyl (C=O) groups excluding carboxylic acids is 2. The summed E-state index contributed by atoms with van der Waals surface area (Å²) in [7, 11) is 0. The van der Waals surface area contributed by atoms with Crippen LogP contribution >= 0.6 is 0 Å². The normalized spacial score (nSPS) is 8.47. The van der Waals surface area contributed by atoms with E-state index in [2.05, 4.69) is 20.4 Å². The van der Waals surface area contributed by atoms with Gasteiger partial charge in [0.1, 0.15) is 0 Å². The molecule has 2 N–H and O–H groups in total. The van der Waals surface area contributed by atoms with Gasteiger partial charge in [0.05, 0.1) is 23.3 Å². The maximum atomic E-state index is 9.88. The third-order valence-corrected chi connectivity index (χ3v) is 1.44. The van der Waals surface area contributed by atoms with E-state index < -0.39 is 11.9 Å². The summed E-state index contributed by atoms with van der Waals surface area (Å²) in [5.41, 5.74) is 0.00926. The Kier molecular flexibility index (Phi) is 6.27. The van der Waals surface area contributed by atoms with Crippen molar-refractivity contribution in [3.8, 4) is 0 Å². The Balaban J connectivity index is 0.000000284. The fourth-order valence-corrected chi connectivity index (χ4v) is 0.739. The van der Waals surface area contributed by atoms with Gasteiger partial charge < -0.3 is 19.8 Å². The van der Waals surface area contributed by atoms with E-state index >= 15 is 0 Å². The first kappa shape index (κ1) is 14.9. The molecule has 17 heavy (non-hydrogen) atoms. The van der Waals surface area contributed by atoms with Crippen LogP contribution in [-0.4, -0.2) is 32.3 Å². The zero-order chi connectivity index (χ0) is 12.0. The van der Waals surface area contributed by atoms with Crippen LogP contribution in [0.4, 0.5) is 0 Å². The molecule has 2 heterocycles. The van der Waals surface area contributed by atoms with Crippen LogP contribution in [0.1, 0.15) is 21.0 Å². The van der Waals surface area contributed by atoms with Crippen LogP contribution in [0, 0.1) is 0 Å². The molecule has 8 nitrogen and oxygen atoms in total. The van der Waals surface area contributed by atoms with Crippen molar-refractivity contribution < 1.29 is 36.3 Å². The number of nitrogens with one attached hydrogen (secondary N) is 2. The van der Waals surface area contributed by atoms with Gasteiger partial charge in [-0.1, -0.05) is 0 Å². The molecule has 92 valence electrons. The first-order valence-electron chi connectivity index (χ1n) is 4.02. The second-order valence-electron chi connectivity index (χ2n) is 2.52. The average molecular weight is 281 g/mol. The number of carbonyl (C=O) groups is 2. The van der Waals surface area contributed by atoms with Gasteiger partial charge in [-0.25, -0.2) is 0 Å². The molecule has 2 rings (SSSR count). The third-order valence-electron chi connectivity index (χ3n) is 1.44. The second kappa shape index (κ2) is 7.18. The number of aromatic carboxylic acids is 2. The Hall–Kier alpha value is -2.15. The minimum Gasteiger partial charge on any atom is -0.543 e. The quantitative estimate of drug-likeness (QED) is 0.585. The topological polar surface area (TPSA) is 138 Å². The molecule has 0 aliphatic carbocycles. The van der Waals surface area contributed by atoms with Gasteiger partial charge in [0.15, 0.2) is 0 Å². The molecule has 0 aliphatic heterocycles. The molecule has 0 fully saturated rings. The fourth-order valence-electron chi connectivity index (χ4n) is 0.739. The number of carboxylic acids is 2. The van der Waals surface area contributed by atoms with Crippen LogP contribution in [0.15, 0.2) is 24.5 Å². The summed E-state index contributed by atoms with van der Waals surface area (Å²) in [5, 5.41) is 31.0. The monoisotopic (exact) mass is 280 g/mol. The molecule has 0 aliphatic rings. The molecule has 0 saturated heterocycles. The number of H-pyrrole nitrogens is 2. The summed E-state index contributed by atoms with van der Waals surface area (Å²) in [6, 6.07) is 2.66. The van der Waals surface area contributed by atoms with Gasteiger partial charge in [-0.05, 0) is 12.1 Å². The predicted octanol–water partition coefficient (Wildman–Crippen LogP) is -2.46. The number of aromatic amines is 2. The summed E-state index contributed by atoms with van der Waals surface area (Å²) < 4.78 is 0. The number of hydrogen-bond donors (Lipinski definition) is 2. The molecule has 0 spiro atoms. The number of aromatic nitrogens is 4. The van der Waals surface area contributed by atoms with Gasteiger partial charge in [-0.15, -0.1) is 0 Å². The predicted molar refractivity (Wildman–Crippen MR) is 45.8 cm³/mol. The van der Waals surface area contributed by atoms with Crippen LogP contribution < -0.4 is 10.2 Å². The molecular formula is C8H6N4NiO4. The van der Waals surface area contributed by atoms with Crippen LogP contribution in [0.5, 0.6) is 0 Å². The smallest absolute Gasteiger partial charge is 0.543 e. The van der Waals surface area contributed by atoms with Gasteiger partial charge in [-0.2, -0.15) is 10.2 Å². The van der Waals surface area contributed by atoms with E-state index in [9.17, 15) is 19.8 Å². The number of hydrogen-bond acceptors (Lipinski definition) is 6. The van der Waals surface area contributed by atoms with Crippen LogP contribution in [0.3, 0.4) is 0 Å². The summed E-state index contributed by atoms with van der Waals surface area (Å²) in [5.74, 6) is -2.47. The Morgan fingerprint density at radius 3 is 1.41 bits per heavy atom. The summed E-state index contributed by atoms with van der Waals surface area (Å²) in [4.78, 5) is 19.8. The Bertz CT molecular complexity index is 410. The number of rotatable bonds is 2. The molecule has 0 amide bonds. The fraction of sp³-hybridized carbons (Fsp3) is 0. The van der Waals surface area contributed by atoms with Crippen molar-refractivity contribution in [3.05, 3.63) is 35.9 Å². The van der Waals surface area contributed by atoms with E-state index in [0.29, 0.717) is 0 Å². The maximum Gasteiger partial charge on any atom is 2.00 e. The molecule has 2 aromatic rings. The second-order valence-corrected chi connectivity index (χ2v) is 2.52. The Morgan fingerprint density at radius 1 is 0.941 bits per heavy atom. The van der Waals surface area contributed by atoms with E-state index in [1.807, 2.05) is 0 Å². The zero-order valence-electron chi connectivity index (χ0n) is 8.15. The minimum absolute atomic E-state index is 0. The van der Waals surface area contributed by atoms with Crippen LogP contribution in [0.2, 0.25) is 0 Å². The van der Waals surface area contributed by atoms with Crippen molar-refractivity contribution in [2.24, 2.45) is 0 Å². The molecule has 0 radical (unpaired) electrons. The molecule has 2 aromatic heterocycles. The van der Waals surface area contributed by atoms with Crippen molar-refractivity contribution in [3.63, 3.8) is 0 Å². The van der Waals surface area contributed by atoms with Crippen molar-refractivity contribution in [2.45, 2.75) is 0 Å². The summed E-state index contributed by atoms with van der Waals surface area (Å²) in [6.45, 7) is 0. The first-order chi connectivity index (χ1) is 7.61. The van der Waals surface area contributed by atoms with Gasteiger partial charge in [-0.3, -0.25) is 10.2 Å². The van der Waals surface area contributed by atoms with E-state index in [4.69, 9.17) is 0 Å². The SMILES string of the molecule is O=C([O-])c1ccn[nH]1.O=C([O-])c1ccn[nH]1.[Ni+2]. The van der Waals surface area contributed by atoms with Gasteiger partial charge in [0.2, 0.25) is 0 Å². The van der Waals surface area contributed by atoms with Gasteiger partial charge >= 0.3 is 16.5 Å². The van der Waals surface area contributed by atoms with Crippen molar-refractivity contribution in [1.82, 2.24) is 20.4 Å². The van der Waals surface area contributed by atoms with Crippen LogP contribution in [0.25, 0.3) is 0 Å². The largest absolute Gasteiger partial charge is 2.00 e. The first-order valence-corrected chi connectivity index (χ1v) is 4.02. The Morgan fingerprint density at radius 2 is 1.29 bits per heavy atom. The van der Waals surface area contributed by atoms with E-state index in [0.717, 1.165) is 0 Å². The molecule has 9 heteroatoms. The number of nitrogens with zero attached hydrogens (tertiary/aromatic N) is 2. The standard InChI is InChI=1S/2C4H4N2O2.Ni/c2*7-4(8)3-1-2-5-6-3;/h2*1-2H,(H,5,6)(H,7,8);/q;;+2/p-2. The minimum atomic E-state index is -1.23. The van der Waals surface area contributed by atoms with Crippen molar-refractivity contribution in [2.75, 3.05) is 0 Å². The molecule has 0 atom stereocenters. The Labute approximate surface area is 105 Å². The maximum absolute atomic E-state index is 9.88. The molecule has 0 aromatic carbocycles. The molecular weight excluding hydrogens is 275 g/mol. The van der Waals surface area contributed by atoms with Crippen molar-refractivity contribution in [1.29, 1.82) is 0 Å². The van der Waals surface area contributed by atoms with Gasteiger partial charge in [0, 0.05) is 12.4 Å². The molecule has 0 saturated carbocycles. The van der Waals surface area contributed by atoms with E-state index in [1.54, 1.807) is 0 Å². The summed E-state index contributed by atoms with van der Waals surface area (Å²) >= 11 is 0. The zero-order valence-corrected chi connectivity index (χ0v) is 9.14. The van der Waals surface area contributed by atoms with E-state index in [-0.39, 0.29) is 27.9 Å². The van der Waals surface area contributed by atoms with E-state index in [1.165, 1.54) is 24.5 Å². The third kappa shape index (κ3) is 4.94. The molecule has 0 unspecified atom stereocenters. The summed E-state index contributed by atoms with van der Waals surface area (Å²) in [6.07, 6.45) is 2.70. The number of carboxylic acid groups (broad SMARTS) is 2. The average Bonchev–Trinajstić information content (AvgIpc) is 2.93. The van der Waals surface area contributed by atoms with Crippen molar-refractivity contribution >= 4 is 11.9 Å². The van der Waals surface area contributed by atoms with Crippen LogP contribution in [-0.2, 0) is 16.5 Å². The van der Waals surface area contributed by atoms with Gasteiger partial charge in [0.25, 0.3) is 0 Å². The molecule has 0 bridgehead atoms.